The lowest BCUT2D eigenvalue weighted by atomic mass is 10.2. The Labute approximate surface area is 133 Å². The fourth-order valence-electron chi connectivity index (χ4n) is 1.59. The molecule has 0 aliphatic heterocycles. The standard InChI is InChI=1S/C14H11Br2NO3/c1-19-9-3-5-12(11(16)7-9)20-13-6-8(15)2-4-10(13)14(17)18/h2-7H,1H3,(H2,17,18). The number of methoxy groups -OCH3 is 1. The first-order chi connectivity index (χ1) is 9.51. The quantitative estimate of drug-likeness (QED) is 0.839. The van der Waals surface area contributed by atoms with Gasteiger partial charge in [0.1, 0.15) is 17.2 Å². The Morgan fingerprint density at radius 2 is 1.85 bits per heavy atom. The van der Waals surface area contributed by atoms with Gasteiger partial charge in [0.2, 0.25) is 0 Å². The number of primary amides is 1. The Hall–Kier alpha value is -1.53. The van der Waals surface area contributed by atoms with Crippen LogP contribution in [0, 0.1) is 0 Å². The van der Waals surface area contributed by atoms with E-state index in [9.17, 15) is 4.79 Å². The smallest absolute Gasteiger partial charge is 0.252 e. The van der Waals surface area contributed by atoms with Crippen molar-refractivity contribution in [3.8, 4) is 17.2 Å². The summed E-state index contributed by atoms with van der Waals surface area (Å²) in [6.07, 6.45) is 0. The first-order valence-corrected chi connectivity index (χ1v) is 7.20. The van der Waals surface area contributed by atoms with E-state index in [0.717, 1.165) is 4.47 Å². The summed E-state index contributed by atoms with van der Waals surface area (Å²) in [5.41, 5.74) is 5.65. The summed E-state index contributed by atoms with van der Waals surface area (Å²) in [5.74, 6) is 1.11. The van der Waals surface area contributed by atoms with Crippen LogP contribution in [0.25, 0.3) is 0 Å². The van der Waals surface area contributed by atoms with E-state index in [0.29, 0.717) is 27.3 Å². The first-order valence-electron chi connectivity index (χ1n) is 5.62. The van der Waals surface area contributed by atoms with Crippen LogP contribution in [0.4, 0.5) is 0 Å². The third-order valence-electron chi connectivity index (χ3n) is 2.57. The zero-order valence-corrected chi connectivity index (χ0v) is 13.7. The Kier molecular flexibility index (Phi) is 4.67. The second-order valence-corrected chi connectivity index (χ2v) is 5.67. The number of rotatable bonds is 4. The molecule has 0 bridgehead atoms. The number of carbonyl (C=O) groups is 1. The third kappa shape index (κ3) is 3.32. The number of carbonyl (C=O) groups excluding carboxylic acids is 1. The van der Waals surface area contributed by atoms with Gasteiger partial charge in [-0.25, -0.2) is 0 Å². The van der Waals surface area contributed by atoms with Gasteiger partial charge in [0, 0.05) is 4.47 Å². The molecule has 0 spiro atoms. The number of nitrogens with two attached hydrogens (primary N) is 1. The zero-order valence-electron chi connectivity index (χ0n) is 10.5. The Bertz CT molecular complexity index is 659. The summed E-state index contributed by atoms with van der Waals surface area (Å²) in [6.45, 7) is 0. The molecule has 0 atom stereocenters. The van der Waals surface area contributed by atoms with Gasteiger partial charge >= 0.3 is 0 Å². The SMILES string of the molecule is COc1ccc(Oc2cc(Br)ccc2C(N)=O)c(Br)c1. The second-order valence-electron chi connectivity index (χ2n) is 3.90. The maximum Gasteiger partial charge on any atom is 0.252 e. The first kappa shape index (κ1) is 14.9. The second kappa shape index (κ2) is 6.28. The van der Waals surface area contributed by atoms with E-state index in [4.69, 9.17) is 15.2 Å². The molecule has 0 aromatic heterocycles. The van der Waals surface area contributed by atoms with Gasteiger partial charge in [-0.1, -0.05) is 15.9 Å². The molecule has 0 fully saturated rings. The van der Waals surface area contributed by atoms with Crippen molar-refractivity contribution in [3.05, 3.63) is 50.9 Å². The molecule has 2 rings (SSSR count). The van der Waals surface area contributed by atoms with Crippen LogP contribution in [0.2, 0.25) is 0 Å². The number of halogens is 2. The van der Waals surface area contributed by atoms with Crippen molar-refractivity contribution in [3.63, 3.8) is 0 Å². The normalized spacial score (nSPS) is 10.2. The van der Waals surface area contributed by atoms with E-state index in [1.807, 2.05) is 0 Å². The van der Waals surface area contributed by atoms with Crippen LogP contribution < -0.4 is 15.2 Å². The van der Waals surface area contributed by atoms with Gasteiger partial charge in [0.05, 0.1) is 17.1 Å². The lowest BCUT2D eigenvalue weighted by Gasteiger charge is -2.12. The van der Waals surface area contributed by atoms with Crippen LogP contribution in [0.5, 0.6) is 17.2 Å². The van der Waals surface area contributed by atoms with Crippen LogP contribution >= 0.6 is 31.9 Å². The Morgan fingerprint density at radius 3 is 2.45 bits per heavy atom. The van der Waals surface area contributed by atoms with Crippen LogP contribution in [0.15, 0.2) is 45.3 Å². The minimum absolute atomic E-state index is 0.316. The molecule has 0 saturated carbocycles. The van der Waals surface area contributed by atoms with E-state index < -0.39 is 5.91 Å². The average molecular weight is 401 g/mol. The number of hydrogen-bond acceptors (Lipinski definition) is 3. The van der Waals surface area contributed by atoms with E-state index >= 15 is 0 Å². The molecule has 0 unspecified atom stereocenters. The molecule has 6 heteroatoms. The monoisotopic (exact) mass is 399 g/mol. The summed E-state index contributed by atoms with van der Waals surface area (Å²) < 4.78 is 12.4. The summed E-state index contributed by atoms with van der Waals surface area (Å²) in [7, 11) is 1.59. The minimum atomic E-state index is -0.544. The number of ether oxygens (including phenoxy) is 2. The summed E-state index contributed by atoms with van der Waals surface area (Å²) in [4.78, 5) is 11.4. The van der Waals surface area contributed by atoms with Crippen LogP contribution in [0.3, 0.4) is 0 Å². The fourth-order valence-corrected chi connectivity index (χ4v) is 2.37. The minimum Gasteiger partial charge on any atom is -0.497 e. The van der Waals surface area contributed by atoms with Crippen molar-refractivity contribution in [2.24, 2.45) is 5.73 Å². The molecular formula is C14H11Br2NO3. The van der Waals surface area contributed by atoms with Crippen molar-refractivity contribution in [2.45, 2.75) is 0 Å². The van der Waals surface area contributed by atoms with Crippen molar-refractivity contribution >= 4 is 37.8 Å². The highest BCUT2D eigenvalue weighted by atomic mass is 79.9. The van der Waals surface area contributed by atoms with Crippen molar-refractivity contribution in [2.75, 3.05) is 7.11 Å². The Balaban J connectivity index is 2.39. The van der Waals surface area contributed by atoms with E-state index in [-0.39, 0.29) is 0 Å². The van der Waals surface area contributed by atoms with Crippen molar-refractivity contribution < 1.29 is 14.3 Å². The maximum atomic E-state index is 11.4. The maximum absolute atomic E-state index is 11.4. The molecule has 0 aliphatic rings. The molecule has 1 amide bonds. The molecule has 2 aromatic rings. The molecule has 0 saturated heterocycles. The van der Waals surface area contributed by atoms with Gasteiger partial charge in [-0.3, -0.25) is 4.79 Å². The van der Waals surface area contributed by atoms with Gasteiger partial charge in [-0.2, -0.15) is 0 Å². The predicted molar refractivity (Wildman–Crippen MR) is 83.4 cm³/mol. The summed E-state index contributed by atoms with van der Waals surface area (Å²) in [6, 6.07) is 10.3. The zero-order chi connectivity index (χ0) is 14.7. The molecule has 0 heterocycles. The predicted octanol–water partition coefficient (Wildman–Crippen LogP) is 4.11. The van der Waals surface area contributed by atoms with Crippen molar-refractivity contribution in [1.82, 2.24) is 0 Å². The highest BCUT2D eigenvalue weighted by Crippen LogP contribution is 2.35. The molecule has 4 nitrogen and oxygen atoms in total. The van der Waals surface area contributed by atoms with Crippen LogP contribution in [-0.4, -0.2) is 13.0 Å². The molecule has 0 radical (unpaired) electrons. The summed E-state index contributed by atoms with van der Waals surface area (Å²) in [5, 5.41) is 0. The number of benzene rings is 2. The van der Waals surface area contributed by atoms with E-state index in [1.54, 1.807) is 43.5 Å². The van der Waals surface area contributed by atoms with Crippen LogP contribution in [-0.2, 0) is 0 Å². The van der Waals surface area contributed by atoms with Gasteiger partial charge in [-0.15, -0.1) is 0 Å². The fraction of sp³-hybridized carbons (Fsp3) is 0.0714. The lowest BCUT2D eigenvalue weighted by Crippen LogP contribution is -2.12. The molecule has 2 N–H and O–H groups in total. The number of hydrogen-bond donors (Lipinski definition) is 1. The van der Waals surface area contributed by atoms with Gasteiger partial charge in [0.25, 0.3) is 5.91 Å². The van der Waals surface area contributed by atoms with E-state index in [2.05, 4.69) is 31.9 Å². The topological polar surface area (TPSA) is 61.6 Å². The molecule has 2 aromatic carbocycles. The Morgan fingerprint density at radius 1 is 1.10 bits per heavy atom. The highest BCUT2D eigenvalue weighted by molar-refractivity contribution is 9.10. The van der Waals surface area contributed by atoms with Gasteiger partial charge in [-0.05, 0) is 52.3 Å². The molecule has 20 heavy (non-hydrogen) atoms. The molecule has 104 valence electrons. The van der Waals surface area contributed by atoms with Crippen LogP contribution in [0.1, 0.15) is 10.4 Å². The van der Waals surface area contributed by atoms with E-state index in [1.165, 1.54) is 0 Å². The molecular weight excluding hydrogens is 390 g/mol. The largest absolute Gasteiger partial charge is 0.497 e. The van der Waals surface area contributed by atoms with Crippen molar-refractivity contribution in [1.29, 1.82) is 0 Å². The lowest BCUT2D eigenvalue weighted by molar-refractivity contribution is 0.0998. The third-order valence-corrected chi connectivity index (χ3v) is 3.68. The summed E-state index contributed by atoms with van der Waals surface area (Å²) >= 11 is 6.73. The number of amides is 1. The van der Waals surface area contributed by atoms with Gasteiger partial charge in [0.15, 0.2) is 0 Å². The molecule has 0 aliphatic carbocycles. The average Bonchev–Trinajstić information content (AvgIpc) is 2.40. The highest BCUT2D eigenvalue weighted by Gasteiger charge is 2.12. The van der Waals surface area contributed by atoms with Gasteiger partial charge < -0.3 is 15.2 Å².